The van der Waals surface area contributed by atoms with Crippen molar-refractivity contribution in [2.45, 2.75) is 25.9 Å². The fraction of sp³-hybridized carbons (Fsp3) is 0.444. The Hall–Kier alpha value is -2.34. The summed E-state index contributed by atoms with van der Waals surface area (Å²) in [6.07, 6.45) is 5.05. The predicted octanol–water partition coefficient (Wildman–Crippen LogP) is 2.40. The monoisotopic (exact) mass is 328 g/mol. The summed E-state index contributed by atoms with van der Waals surface area (Å²) in [5.74, 6) is 0.349. The number of nitrogens with zero attached hydrogens (tertiary/aromatic N) is 3. The summed E-state index contributed by atoms with van der Waals surface area (Å²) in [7, 11) is 1.86. The number of piperidine rings is 1. The standard InChI is InChI=1S/C18H24N4O2/c1-13(23)14-6-8-22(9-7-14)18(24)15-4-3-5-16(10-15)20-17-11-19-21(2)12-17/h3-5,10-14,20,23H,6-9H2,1-2H3. The Morgan fingerprint density at radius 2 is 2.08 bits per heavy atom. The molecular formula is C18H24N4O2. The Morgan fingerprint density at radius 1 is 1.33 bits per heavy atom. The number of benzene rings is 1. The number of aryl methyl sites for hydroxylation is 1. The molecule has 1 saturated heterocycles. The summed E-state index contributed by atoms with van der Waals surface area (Å²) >= 11 is 0. The zero-order valence-corrected chi connectivity index (χ0v) is 14.1. The second-order valence-electron chi connectivity index (χ2n) is 6.48. The van der Waals surface area contributed by atoms with Gasteiger partial charge < -0.3 is 15.3 Å². The molecule has 0 aliphatic carbocycles. The van der Waals surface area contributed by atoms with Crippen molar-refractivity contribution in [2.75, 3.05) is 18.4 Å². The first-order valence-corrected chi connectivity index (χ1v) is 8.36. The van der Waals surface area contributed by atoms with Crippen molar-refractivity contribution in [3.8, 4) is 0 Å². The Balaban J connectivity index is 1.66. The minimum absolute atomic E-state index is 0.0499. The lowest BCUT2D eigenvalue weighted by atomic mass is 9.92. The number of likely N-dealkylation sites (tertiary alicyclic amines) is 1. The molecule has 1 fully saturated rings. The van der Waals surface area contributed by atoms with Gasteiger partial charge in [-0.3, -0.25) is 9.48 Å². The van der Waals surface area contributed by atoms with Crippen LogP contribution in [0.4, 0.5) is 11.4 Å². The van der Waals surface area contributed by atoms with Crippen LogP contribution in [0.15, 0.2) is 36.7 Å². The number of amides is 1. The highest BCUT2D eigenvalue weighted by atomic mass is 16.3. The van der Waals surface area contributed by atoms with Crippen LogP contribution in [0.1, 0.15) is 30.1 Å². The molecule has 2 heterocycles. The zero-order valence-electron chi connectivity index (χ0n) is 14.1. The average Bonchev–Trinajstić information content (AvgIpc) is 2.99. The van der Waals surface area contributed by atoms with E-state index in [-0.39, 0.29) is 12.0 Å². The van der Waals surface area contributed by atoms with Crippen molar-refractivity contribution in [3.63, 3.8) is 0 Å². The van der Waals surface area contributed by atoms with Gasteiger partial charge >= 0.3 is 0 Å². The third kappa shape index (κ3) is 3.76. The summed E-state index contributed by atoms with van der Waals surface area (Å²) in [6.45, 7) is 3.24. The Kier molecular flexibility index (Phi) is 4.85. The fourth-order valence-electron chi connectivity index (χ4n) is 3.15. The molecule has 6 heteroatoms. The topological polar surface area (TPSA) is 70.4 Å². The highest BCUT2D eigenvalue weighted by Crippen LogP contribution is 2.23. The molecule has 1 aliphatic rings. The fourth-order valence-corrected chi connectivity index (χ4v) is 3.15. The van der Waals surface area contributed by atoms with Crippen molar-refractivity contribution in [1.29, 1.82) is 0 Å². The highest BCUT2D eigenvalue weighted by Gasteiger charge is 2.26. The number of carbonyl (C=O) groups is 1. The third-order valence-electron chi connectivity index (χ3n) is 4.61. The number of aliphatic hydroxyl groups excluding tert-OH is 1. The van der Waals surface area contributed by atoms with Gasteiger partial charge in [0, 0.05) is 37.6 Å². The largest absolute Gasteiger partial charge is 0.393 e. The highest BCUT2D eigenvalue weighted by molar-refractivity contribution is 5.95. The zero-order chi connectivity index (χ0) is 17.1. The van der Waals surface area contributed by atoms with Gasteiger partial charge in [0.25, 0.3) is 5.91 Å². The molecule has 0 spiro atoms. The van der Waals surface area contributed by atoms with Crippen LogP contribution in [-0.4, -0.2) is 44.9 Å². The summed E-state index contributed by atoms with van der Waals surface area (Å²) in [5.41, 5.74) is 2.44. The maximum absolute atomic E-state index is 12.7. The van der Waals surface area contributed by atoms with E-state index >= 15 is 0 Å². The van der Waals surface area contributed by atoms with Crippen molar-refractivity contribution in [1.82, 2.24) is 14.7 Å². The number of carbonyl (C=O) groups excluding carboxylic acids is 1. The quantitative estimate of drug-likeness (QED) is 0.904. The van der Waals surface area contributed by atoms with Crippen LogP contribution in [0.5, 0.6) is 0 Å². The van der Waals surface area contributed by atoms with E-state index in [4.69, 9.17) is 0 Å². The summed E-state index contributed by atoms with van der Waals surface area (Å²) in [6, 6.07) is 7.53. The van der Waals surface area contributed by atoms with E-state index in [1.54, 1.807) is 10.9 Å². The first-order valence-electron chi connectivity index (χ1n) is 8.36. The number of hydrogen-bond acceptors (Lipinski definition) is 4. The maximum Gasteiger partial charge on any atom is 0.253 e. The number of aliphatic hydroxyl groups is 1. The number of anilines is 2. The van der Waals surface area contributed by atoms with E-state index in [0.717, 1.165) is 24.2 Å². The molecule has 2 aromatic rings. The lowest BCUT2D eigenvalue weighted by Gasteiger charge is -2.33. The molecule has 2 N–H and O–H groups in total. The SMILES string of the molecule is CC(O)C1CCN(C(=O)c2cccc(Nc3cnn(C)c3)c2)CC1. The molecular weight excluding hydrogens is 304 g/mol. The Bertz CT molecular complexity index is 703. The van der Waals surface area contributed by atoms with E-state index in [1.807, 2.05) is 49.3 Å². The average molecular weight is 328 g/mol. The van der Waals surface area contributed by atoms with Gasteiger partial charge in [-0.25, -0.2) is 0 Å². The number of hydrogen-bond donors (Lipinski definition) is 2. The van der Waals surface area contributed by atoms with Crippen LogP contribution in [0.3, 0.4) is 0 Å². The van der Waals surface area contributed by atoms with Gasteiger partial charge in [-0.1, -0.05) is 6.07 Å². The molecule has 1 aromatic heterocycles. The smallest absolute Gasteiger partial charge is 0.253 e. The third-order valence-corrected chi connectivity index (χ3v) is 4.61. The number of nitrogens with one attached hydrogen (secondary N) is 1. The van der Waals surface area contributed by atoms with Gasteiger partial charge in [0.05, 0.1) is 18.0 Å². The molecule has 24 heavy (non-hydrogen) atoms. The van der Waals surface area contributed by atoms with Crippen LogP contribution >= 0.6 is 0 Å². The summed E-state index contributed by atoms with van der Waals surface area (Å²) < 4.78 is 1.73. The normalized spacial score (nSPS) is 16.9. The second-order valence-corrected chi connectivity index (χ2v) is 6.48. The van der Waals surface area contributed by atoms with Crippen molar-refractivity contribution < 1.29 is 9.90 Å². The Morgan fingerprint density at radius 3 is 2.71 bits per heavy atom. The van der Waals surface area contributed by atoms with Crippen molar-refractivity contribution in [3.05, 3.63) is 42.2 Å². The van der Waals surface area contributed by atoms with Crippen molar-refractivity contribution in [2.24, 2.45) is 13.0 Å². The van der Waals surface area contributed by atoms with Gasteiger partial charge in [-0.05, 0) is 43.9 Å². The lowest BCUT2D eigenvalue weighted by molar-refractivity contribution is 0.0521. The van der Waals surface area contributed by atoms with Gasteiger partial charge in [-0.2, -0.15) is 5.10 Å². The molecule has 0 saturated carbocycles. The van der Waals surface area contributed by atoms with E-state index in [9.17, 15) is 9.90 Å². The molecule has 3 rings (SSSR count). The van der Waals surface area contributed by atoms with Gasteiger partial charge in [-0.15, -0.1) is 0 Å². The van der Waals surface area contributed by atoms with Crippen LogP contribution in [0, 0.1) is 5.92 Å². The number of aromatic nitrogens is 2. The van der Waals surface area contributed by atoms with Gasteiger partial charge in [0.2, 0.25) is 0 Å². The van der Waals surface area contributed by atoms with Crippen LogP contribution in [0.25, 0.3) is 0 Å². The molecule has 1 aromatic carbocycles. The Labute approximate surface area is 142 Å². The first-order chi connectivity index (χ1) is 11.5. The second kappa shape index (κ2) is 7.05. The van der Waals surface area contributed by atoms with Crippen LogP contribution in [0.2, 0.25) is 0 Å². The summed E-state index contributed by atoms with van der Waals surface area (Å²) in [5, 5.41) is 17.1. The lowest BCUT2D eigenvalue weighted by Crippen LogP contribution is -2.40. The molecule has 128 valence electrons. The van der Waals surface area contributed by atoms with E-state index in [0.29, 0.717) is 24.6 Å². The van der Waals surface area contributed by atoms with Crippen LogP contribution < -0.4 is 5.32 Å². The van der Waals surface area contributed by atoms with Crippen LogP contribution in [-0.2, 0) is 7.05 Å². The van der Waals surface area contributed by atoms with E-state index in [2.05, 4.69) is 10.4 Å². The molecule has 6 nitrogen and oxygen atoms in total. The van der Waals surface area contributed by atoms with E-state index < -0.39 is 0 Å². The minimum atomic E-state index is -0.297. The molecule has 0 bridgehead atoms. The molecule has 1 unspecified atom stereocenters. The molecule has 1 atom stereocenters. The van der Waals surface area contributed by atoms with Gasteiger partial charge in [0.1, 0.15) is 0 Å². The first kappa shape index (κ1) is 16.5. The number of rotatable bonds is 4. The van der Waals surface area contributed by atoms with Crippen molar-refractivity contribution >= 4 is 17.3 Å². The minimum Gasteiger partial charge on any atom is -0.393 e. The summed E-state index contributed by atoms with van der Waals surface area (Å²) in [4.78, 5) is 14.6. The van der Waals surface area contributed by atoms with Gasteiger partial charge in [0.15, 0.2) is 0 Å². The molecule has 1 amide bonds. The molecule has 1 aliphatic heterocycles. The predicted molar refractivity (Wildman–Crippen MR) is 93.2 cm³/mol. The maximum atomic E-state index is 12.7. The molecule has 0 radical (unpaired) electrons. The van der Waals surface area contributed by atoms with E-state index in [1.165, 1.54) is 0 Å².